The first-order valence-corrected chi connectivity index (χ1v) is 21.6. The number of imide groups is 1. The highest BCUT2D eigenvalue weighted by molar-refractivity contribution is 6.12. The zero-order valence-electron chi connectivity index (χ0n) is 36.3. The second-order valence-electron chi connectivity index (χ2n) is 16.4. The second-order valence-corrected chi connectivity index (χ2v) is 16.4. The van der Waals surface area contributed by atoms with E-state index in [1.165, 1.54) is 7.11 Å². The highest BCUT2D eigenvalue weighted by atomic mass is 16.7. The van der Waals surface area contributed by atoms with Crippen molar-refractivity contribution in [1.82, 2.24) is 4.90 Å². The third kappa shape index (κ3) is 11.2. The lowest BCUT2D eigenvalue weighted by Gasteiger charge is -2.45. The summed E-state index contributed by atoms with van der Waals surface area (Å²) in [7, 11) is 1.52. The first-order chi connectivity index (χ1) is 30.6. The van der Waals surface area contributed by atoms with Crippen molar-refractivity contribution in [3.63, 3.8) is 0 Å². The number of carbonyl (C=O) groups is 3. The van der Waals surface area contributed by atoms with Crippen LogP contribution < -0.4 is 0 Å². The quantitative estimate of drug-likeness (QED) is 0.0460. The van der Waals surface area contributed by atoms with Gasteiger partial charge in [-0.05, 0) is 54.0 Å². The standard InChI is InChI=1S/C51H57NO11/c1-33(2)41-32-61-51(56)52(41)49(55)40(27-35-17-8-5-9-18-35)45(54)43-28-39(38-23-14-16-34(3)26-38)42(62-43)24-15-25-58-48-47(60-31-37-21-12-7-13-22-37)46(44(29-53)63-50(48)57-4)59-30-36-19-10-6-11-20-36/h5-14,16-23,26,28,33,40-41,44,46-48,50,53H,15,24-25,27,29-32H2,1-4H3. The van der Waals surface area contributed by atoms with Gasteiger partial charge in [-0.2, -0.15) is 0 Å². The summed E-state index contributed by atoms with van der Waals surface area (Å²) in [5, 5.41) is 10.5. The van der Waals surface area contributed by atoms with Crippen molar-refractivity contribution in [2.75, 3.05) is 26.9 Å². The molecule has 2 amide bonds. The number of cyclic esters (lactones) is 1. The van der Waals surface area contributed by atoms with Crippen LogP contribution in [-0.4, -0.2) is 91.5 Å². The van der Waals surface area contributed by atoms with Crippen molar-refractivity contribution in [3.8, 4) is 11.1 Å². The smallest absolute Gasteiger partial charge is 0.417 e. The molecule has 332 valence electrons. The summed E-state index contributed by atoms with van der Waals surface area (Å²) in [4.78, 5) is 43.1. The largest absolute Gasteiger partial charge is 0.457 e. The summed E-state index contributed by atoms with van der Waals surface area (Å²) in [6, 6.07) is 37.9. The van der Waals surface area contributed by atoms with Crippen LogP contribution in [0.4, 0.5) is 4.79 Å². The molecular weight excluding hydrogens is 803 g/mol. The molecule has 63 heavy (non-hydrogen) atoms. The van der Waals surface area contributed by atoms with E-state index in [4.69, 9.17) is 32.8 Å². The Kier molecular flexibility index (Phi) is 15.7. The van der Waals surface area contributed by atoms with Gasteiger partial charge in [-0.15, -0.1) is 0 Å². The van der Waals surface area contributed by atoms with Crippen LogP contribution in [0.5, 0.6) is 0 Å². The molecule has 7 atom stereocenters. The van der Waals surface area contributed by atoms with E-state index in [-0.39, 0.29) is 51.1 Å². The summed E-state index contributed by atoms with van der Waals surface area (Å²) in [6.45, 7) is 6.31. The number of amides is 2. The van der Waals surface area contributed by atoms with Crippen molar-refractivity contribution in [3.05, 3.63) is 155 Å². The van der Waals surface area contributed by atoms with Crippen molar-refractivity contribution in [2.45, 2.75) is 90.0 Å². The minimum Gasteiger partial charge on any atom is -0.457 e. The van der Waals surface area contributed by atoms with Crippen molar-refractivity contribution < 1.29 is 52.3 Å². The van der Waals surface area contributed by atoms with Gasteiger partial charge in [0.15, 0.2) is 12.1 Å². The molecule has 12 nitrogen and oxygen atoms in total. The Labute approximate surface area is 369 Å². The molecule has 3 heterocycles. The average Bonchev–Trinajstić information content (AvgIpc) is 3.92. The van der Waals surface area contributed by atoms with E-state index < -0.39 is 60.4 Å². The van der Waals surface area contributed by atoms with Gasteiger partial charge in [0.25, 0.3) is 0 Å². The number of ether oxygens (including phenoxy) is 6. The van der Waals surface area contributed by atoms with Gasteiger partial charge in [0.05, 0.1) is 25.9 Å². The molecule has 2 aliphatic heterocycles. The molecular formula is C51H57NO11. The van der Waals surface area contributed by atoms with Crippen LogP contribution in [0.3, 0.4) is 0 Å². The maximum atomic E-state index is 14.6. The zero-order chi connectivity index (χ0) is 44.3. The summed E-state index contributed by atoms with van der Waals surface area (Å²) in [5.74, 6) is -1.89. The molecule has 7 unspecified atom stereocenters. The molecule has 2 aliphatic rings. The summed E-state index contributed by atoms with van der Waals surface area (Å²) in [6.07, 6.45) is -3.62. The number of hydrogen-bond acceptors (Lipinski definition) is 11. The molecule has 1 N–H and O–H groups in total. The van der Waals surface area contributed by atoms with E-state index in [9.17, 15) is 19.5 Å². The Bertz CT molecular complexity index is 2250. The third-order valence-electron chi connectivity index (χ3n) is 11.6. The number of aliphatic hydroxyl groups excluding tert-OH is 1. The predicted molar refractivity (Wildman–Crippen MR) is 235 cm³/mol. The molecule has 2 fully saturated rings. The molecule has 2 saturated heterocycles. The SMILES string of the molecule is COC1OC(CO)C(OCc2ccccc2)C(OCc2ccccc2)C1OCCCc1oc(C(=O)C(Cc2ccccc2)C(=O)N2C(=O)OCC2C(C)C)cc1-c1cccc(C)c1. The van der Waals surface area contributed by atoms with Gasteiger partial charge < -0.3 is 37.9 Å². The number of Topliss-reactive ketones (excluding diaryl/α,β-unsaturated/α-hetero) is 1. The van der Waals surface area contributed by atoms with Crippen LogP contribution in [0.2, 0.25) is 0 Å². The van der Waals surface area contributed by atoms with Crippen LogP contribution in [0.25, 0.3) is 11.1 Å². The molecule has 0 saturated carbocycles. The van der Waals surface area contributed by atoms with E-state index >= 15 is 0 Å². The van der Waals surface area contributed by atoms with Gasteiger partial charge in [-0.3, -0.25) is 9.59 Å². The van der Waals surface area contributed by atoms with Crippen molar-refractivity contribution >= 4 is 17.8 Å². The van der Waals surface area contributed by atoms with E-state index in [1.54, 1.807) is 6.07 Å². The van der Waals surface area contributed by atoms with E-state index in [2.05, 4.69) is 0 Å². The van der Waals surface area contributed by atoms with Crippen LogP contribution in [-0.2, 0) is 59.3 Å². The molecule has 0 bridgehead atoms. The topological polar surface area (TPSA) is 143 Å². The van der Waals surface area contributed by atoms with Gasteiger partial charge >= 0.3 is 6.09 Å². The van der Waals surface area contributed by atoms with Crippen molar-refractivity contribution in [2.24, 2.45) is 11.8 Å². The summed E-state index contributed by atoms with van der Waals surface area (Å²) < 4.78 is 43.5. The fourth-order valence-corrected chi connectivity index (χ4v) is 8.22. The number of nitrogens with zero attached hydrogens (tertiary/aromatic N) is 1. The molecule has 4 aromatic carbocycles. The fourth-order valence-electron chi connectivity index (χ4n) is 8.22. The van der Waals surface area contributed by atoms with Crippen LogP contribution in [0.15, 0.2) is 126 Å². The van der Waals surface area contributed by atoms with Crippen LogP contribution >= 0.6 is 0 Å². The first-order valence-electron chi connectivity index (χ1n) is 21.6. The van der Waals surface area contributed by atoms with Crippen LogP contribution in [0.1, 0.15) is 58.8 Å². The minimum absolute atomic E-state index is 0.0216. The lowest BCUT2D eigenvalue weighted by atomic mass is 9.91. The van der Waals surface area contributed by atoms with E-state index in [0.717, 1.165) is 32.7 Å². The van der Waals surface area contributed by atoms with Gasteiger partial charge in [-0.25, -0.2) is 9.69 Å². The van der Waals surface area contributed by atoms with Gasteiger partial charge in [0, 0.05) is 25.7 Å². The minimum atomic E-state index is -1.24. The molecule has 0 radical (unpaired) electrons. The maximum Gasteiger partial charge on any atom is 0.417 e. The maximum absolute atomic E-state index is 14.6. The third-order valence-corrected chi connectivity index (χ3v) is 11.6. The Balaban J connectivity index is 1.13. The van der Waals surface area contributed by atoms with E-state index in [0.29, 0.717) is 24.2 Å². The fraction of sp³-hybridized carbons (Fsp3) is 0.392. The van der Waals surface area contributed by atoms with E-state index in [1.807, 2.05) is 136 Å². The highest BCUT2D eigenvalue weighted by Gasteiger charge is 2.49. The number of carbonyl (C=O) groups excluding carboxylic acids is 3. The number of ketones is 1. The molecule has 1 aromatic heterocycles. The molecule has 7 rings (SSSR count). The average molecular weight is 860 g/mol. The van der Waals surface area contributed by atoms with Crippen molar-refractivity contribution in [1.29, 1.82) is 0 Å². The molecule has 5 aromatic rings. The number of rotatable bonds is 20. The zero-order valence-corrected chi connectivity index (χ0v) is 36.3. The predicted octanol–water partition coefficient (Wildman–Crippen LogP) is 8.15. The summed E-state index contributed by atoms with van der Waals surface area (Å²) >= 11 is 0. The van der Waals surface area contributed by atoms with Gasteiger partial charge in [0.2, 0.25) is 11.7 Å². The number of aliphatic hydroxyl groups is 1. The molecule has 0 aliphatic carbocycles. The molecule has 12 heteroatoms. The lowest BCUT2D eigenvalue weighted by Crippen LogP contribution is -2.61. The number of hydrogen-bond donors (Lipinski definition) is 1. The number of benzene rings is 4. The highest BCUT2D eigenvalue weighted by Crippen LogP contribution is 2.34. The second kappa shape index (κ2) is 21.7. The first kappa shape index (κ1) is 45.6. The monoisotopic (exact) mass is 859 g/mol. The Morgan fingerprint density at radius 3 is 2.03 bits per heavy atom. The number of aryl methyl sites for hydroxylation is 2. The number of furan rings is 1. The molecule has 0 spiro atoms. The lowest BCUT2D eigenvalue weighted by molar-refractivity contribution is -0.319. The van der Waals surface area contributed by atoms with Gasteiger partial charge in [-0.1, -0.05) is 135 Å². The number of methoxy groups -OCH3 is 1. The van der Waals surface area contributed by atoms with Gasteiger partial charge in [0.1, 0.15) is 42.7 Å². The van der Waals surface area contributed by atoms with Crippen LogP contribution in [0, 0.1) is 18.8 Å². The Morgan fingerprint density at radius 2 is 1.43 bits per heavy atom. The Morgan fingerprint density at radius 1 is 0.794 bits per heavy atom. The normalized spacial score (nSPS) is 21.7. The Hall–Kier alpha value is -5.47. The summed E-state index contributed by atoms with van der Waals surface area (Å²) in [5.41, 5.74) is 5.27.